The van der Waals surface area contributed by atoms with Crippen molar-refractivity contribution < 1.29 is 19.2 Å². The molecular weight excluding hydrogens is 204 g/mol. The molecule has 8 nitrogen and oxygen atoms in total. The van der Waals surface area contributed by atoms with Crippen LogP contribution >= 0.6 is 0 Å². The normalized spacial score (nSPS) is 10.2. The van der Waals surface area contributed by atoms with Crippen molar-refractivity contribution >= 4 is 5.97 Å². The molecule has 0 aromatic carbocycles. The minimum absolute atomic E-state index is 0.0818. The van der Waals surface area contributed by atoms with Crippen molar-refractivity contribution in [3.63, 3.8) is 0 Å². The number of carboxylic acids is 1. The van der Waals surface area contributed by atoms with Crippen LogP contribution in [-0.2, 0) is 0 Å². The van der Waals surface area contributed by atoms with Crippen molar-refractivity contribution in [2.45, 2.75) is 0 Å². The van der Waals surface area contributed by atoms with E-state index in [0.717, 1.165) is 0 Å². The molecule has 0 amide bonds. The largest absolute Gasteiger partial charge is 0.479 e. The van der Waals surface area contributed by atoms with Gasteiger partial charge in [-0.3, -0.25) is 0 Å². The van der Waals surface area contributed by atoms with E-state index in [4.69, 9.17) is 14.4 Å². The fraction of sp³-hybridized carbons (Fsp3) is 0.143. The highest BCUT2D eigenvalue weighted by Crippen LogP contribution is 2.23. The summed E-state index contributed by atoms with van der Waals surface area (Å²) in [6.07, 6.45) is 0. The standard InChI is InChI=1S/C7H6N4O4/c1-14-4-2-3(15-10-4)5-6(7(12)13)9-11-8-5/h2H,1H3,(H,12,13)(H,8,9,11). The molecule has 0 spiro atoms. The van der Waals surface area contributed by atoms with Crippen LogP contribution in [0.1, 0.15) is 10.5 Å². The Labute approximate surface area is 82.8 Å². The summed E-state index contributed by atoms with van der Waals surface area (Å²) in [4.78, 5) is 10.7. The first-order valence-electron chi connectivity index (χ1n) is 3.87. The number of nitrogens with zero attached hydrogens (tertiary/aromatic N) is 3. The van der Waals surface area contributed by atoms with Crippen LogP contribution < -0.4 is 4.74 Å². The van der Waals surface area contributed by atoms with Gasteiger partial charge in [-0.05, 0) is 5.16 Å². The molecule has 0 aliphatic rings. The third-order valence-electron chi connectivity index (χ3n) is 1.68. The molecule has 78 valence electrons. The van der Waals surface area contributed by atoms with E-state index in [1.807, 2.05) is 0 Å². The number of hydrogen-bond acceptors (Lipinski definition) is 6. The second-order valence-electron chi connectivity index (χ2n) is 2.56. The number of ether oxygens (including phenoxy) is 1. The number of aromatic amines is 1. The maximum atomic E-state index is 10.7. The maximum absolute atomic E-state index is 10.7. The Bertz CT molecular complexity index is 489. The molecule has 0 bridgehead atoms. The van der Waals surface area contributed by atoms with E-state index in [2.05, 4.69) is 20.6 Å². The molecular formula is C7H6N4O4. The predicted octanol–water partition coefficient (Wildman–Crippen LogP) is 0.166. The first-order chi connectivity index (χ1) is 7.22. The van der Waals surface area contributed by atoms with Gasteiger partial charge < -0.3 is 14.4 Å². The zero-order chi connectivity index (χ0) is 10.8. The number of methoxy groups -OCH3 is 1. The van der Waals surface area contributed by atoms with Gasteiger partial charge in [0.25, 0.3) is 5.88 Å². The van der Waals surface area contributed by atoms with E-state index in [1.165, 1.54) is 13.2 Å². The van der Waals surface area contributed by atoms with Crippen LogP contribution in [0.25, 0.3) is 11.5 Å². The van der Waals surface area contributed by atoms with Crippen LogP contribution in [0.15, 0.2) is 10.6 Å². The molecule has 0 aliphatic heterocycles. The highest BCUT2D eigenvalue weighted by atomic mass is 16.5. The molecule has 2 heterocycles. The number of nitrogens with one attached hydrogen (secondary N) is 1. The van der Waals surface area contributed by atoms with E-state index in [0.29, 0.717) is 0 Å². The summed E-state index contributed by atoms with van der Waals surface area (Å²) < 4.78 is 9.61. The molecule has 2 aromatic heterocycles. The number of carboxylic acid groups (broad SMARTS) is 1. The third kappa shape index (κ3) is 1.52. The molecule has 0 saturated heterocycles. The average Bonchev–Trinajstić information content (AvgIpc) is 2.85. The van der Waals surface area contributed by atoms with Crippen molar-refractivity contribution in [1.82, 2.24) is 20.6 Å². The fourth-order valence-electron chi connectivity index (χ4n) is 1.02. The van der Waals surface area contributed by atoms with E-state index in [-0.39, 0.29) is 23.0 Å². The quantitative estimate of drug-likeness (QED) is 0.741. The van der Waals surface area contributed by atoms with Gasteiger partial charge in [-0.2, -0.15) is 10.3 Å². The van der Waals surface area contributed by atoms with Crippen molar-refractivity contribution in [1.29, 1.82) is 0 Å². The van der Waals surface area contributed by atoms with Gasteiger partial charge in [0.05, 0.1) is 13.2 Å². The lowest BCUT2D eigenvalue weighted by atomic mass is 10.2. The average molecular weight is 210 g/mol. The minimum Gasteiger partial charge on any atom is -0.479 e. The molecule has 2 N–H and O–H groups in total. The van der Waals surface area contributed by atoms with Crippen molar-refractivity contribution in [3.8, 4) is 17.3 Å². The topological polar surface area (TPSA) is 114 Å². The summed E-state index contributed by atoms with van der Waals surface area (Å²) in [5, 5.41) is 21.6. The lowest BCUT2D eigenvalue weighted by molar-refractivity contribution is 0.0691. The fourth-order valence-corrected chi connectivity index (χ4v) is 1.02. The molecule has 0 unspecified atom stereocenters. The van der Waals surface area contributed by atoms with Crippen molar-refractivity contribution in [2.75, 3.05) is 7.11 Å². The zero-order valence-electron chi connectivity index (χ0n) is 7.59. The van der Waals surface area contributed by atoms with Crippen LogP contribution in [0, 0.1) is 0 Å². The second kappa shape index (κ2) is 3.40. The SMILES string of the molecule is COc1cc(-c2n[nH]nc2C(=O)O)on1. The number of aromatic nitrogens is 4. The van der Waals surface area contributed by atoms with E-state index in [9.17, 15) is 4.79 Å². The lowest BCUT2D eigenvalue weighted by Crippen LogP contribution is -1.98. The Balaban J connectivity index is 2.44. The second-order valence-corrected chi connectivity index (χ2v) is 2.56. The van der Waals surface area contributed by atoms with Crippen molar-refractivity contribution in [3.05, 3.63) is 11.8 Å². The summed E-state index contributed by atoms with van der Waals surface area (Å²) >= 11 is 0. The van der Waals surface area contributed by atoms with Gasteiger partial charge in [0.15, 0.2) is 11.5 Å². The summed E-state index contributed by atoms with van der Waals surface area (Å²) in [6.45, 7) is 0. The molecule has 0 aliphatic carbocycles. The van der Waals surface area contributed by atoms with Crippen LogP contribution in [0.3, 0.4) is 0 Å². The third-order valence-corrected chi connectivity index (χ3v) is 1.68. The van der Waals surface area contributed by atoms with E-state index < -0.39 is 5.97 Å². The Morgan fingerprint density at radius 2 is 2.40 bits per heavy atom. The first kappa shape index (κ1) is 9.19. The molecule has 15 heavy (non-hydrogen) atoms. The highest BCUT2D eigenvalue weighted by Gasteiger charge is 2.20. The smallest absolute Gasteiger partial charge is 0.358 e. The van der Waals surface area contributed by atoms with Gasteiger partial charge in [-0.15, -0.1) is 5.10 Å². The number of carbonyl (C=O) groups is 1. The van der Waals surface area contributed by atoms with Crippen molar-refractivity contribution in [2.24, 2.45) is 0 Å². The molecule has 0 saturated carbocycles. The number of hydrogen-bond donors (Lipinski definition) is 2. The Morgan fingerprint density at radius 1 is 1.60 bits per heavy atom. The molecule has 0 atom stereocenters. The van der Waals surface area contributed by atoms with Gasteiger partial charge in [0.2, 0.25) is 5.69 Å². The van der Waals surface area contributed by atoms with Gasteiger partial charge >= 0.3 is 5.97 Å². The first-order valence-corrected chi connectivity index (χ1v) is 3.87. The lowest BCUT2D eigenvalue weighted by Gasteiger charge is -1.88. The van der Waals surface area contributed by atoms with Gasteiger partial charge in [0.1, 0.15) is 0 Å². The molecule has 0 fully saturated rings. The predicted molar refractivity (Wildman–Crippen MR) is 45.4 cm³/mol. The van der Waals surface area contributed by atoms with E-state index >= 15 is 0 Å². The number of aromatic carboxylic acids is 1. The highest BCUT2D eigenvalue weighted by molar-refractivity contribution is 5.91. The number of rotatable bonds is 3. The van der Waals surface area contributed by atoms with Crippen LogP contribution in [-0.4, -0.2) is 38.8 Å². The Hall–Kier alpha value is -2.38. The summed E-state index contributed by atoms with van der Waals surface area (Å²) in [7, 11) is 1.42. The van der Waals surface area contributed by atoms with E-state index in [1.54, 1.807) is 0 Å². The Morgan fingerprint density at radius 3 is 3.00 bits per heavy atom. The summed E-state index contributed by atoms with van der Waals surface area (Å²) in [6, 6.07) is 1.42. The van der Waals surface area contributed by atoms with Gasteiger partial charge in [-0.1, -0.05) is 0 Å². The monoisotopic (exact) mass is 210 g/mol. The molecule has 0 radical (unpaired) electrons. The molecule has 8 heteroatoms. The Kier molecular flexibility index (Phi) is 2.08. The number of H-pyrrole nitrogens is 1. The zero-order valence-corrected chi connectivity index (χ0v) is 7.59. The van der Waals surface area contributed by atoms with Crippen LogP contribution in [0.4, 0.5) is 0 Å². The minimum atomic E-state index is -1.20. The van der Waals surface area contributed by atoms with Gasteiger partial charge in [0, 0.05) is 0 Å². The molecule has 2 aromatic rings. The van der Waals surface area contributed by atoms with Gasteiger partial charge in [-0.25, -0.2) is 4.79 Å². The summed E-state index contributed by atoms with van der Waals surface area (Å²) in [5.41, 5.74) is -0.146. The van der Waals surface area contributed by atoms with Crippen LogP contribution in [0.5, 0.6) is 5.88 Å². The molecule has 2 rings (SSSR count). The van der Waals surface area contributed by atoms with Crippen LogP contribution in [0.2, 0.25) is 0 Å². The summed E-state index contributed by atoms with van der Waals surface area (Å²) in [5.74, 6) is -0.781. The maximum Gasteiger partial charge on any atom is 0.358 e.